The lowest BCUT2D eigenvalue weighted by atomic mass is 10.2. The van der Waals surface area contributed by atoms with Crippen molar-refractivity contribution in [3.63, 3.8) is 0 Å². The molecule has 0 aliphatic rings. The molecule has 0 fully saturated rings. The number of aryl methyl sites for hydroxylation is 2. The summed E-state index contributed by atoms with van der Waals surface area (Å²) in [4.78, 5) is 4.30. The molecule has 0 saturated heterocycles. The Balaban J connectivity index is 1.89. The first kappa shape index (κ1) is 10.9. The van der Waals surface area contributed by atoms with Gasteiger partial charge in [0, 0.05) is 37.3 Å². The summed E-state index contributed by atoms with van der Waals surface area (Å²) in [6, 6.07) is 8.16. The Kier molecular flexibility index (Phi) is 3.72. The molecule has 2 heterocycles. The first-order chi connectivity index (χ1) is 7.88. The lowest BCUT2D eigenvalue weighted by Gasteiger charge is -2.02. The molecule has 3 nitrogen and oxygen atoms in total. The van der Waals surface area contributed by atoms with E-state index in [4.69, 9.17) is 5.73 Å². The quantitative estimate of drug-likeness (QED) is 0.823. The van der Waals surface area contributed by atoms with Crippen LogP contribution in [0.2, 0.25) is 0 Å². The first-order valence-corrected chi connectivity index (χ1v) is 5.63. The van der Waals surface area contributed by atoms with Crippen LogP contribution < -0.4 is 5.73 Å². The van der Waals surface area contributed by atoms with Crippen molar-refractivity contribution < 1.29 is 0 Å². The predicted molar refractivity (Wildman–Crippen MR) is 65.1 cm³/mol. The van der Waals surface area contributed by atoms with Gasteiger partial charge >= 0.3 is 0 Å². The molecule has 3 heteroatoms. The van der Waals surface area contributed by atoms with Gasteiger partial charge < -0.3 is 10.3 Å². The van der Waals surface area contributed by atoms with E-state index in [1.807, 2.05) is 18.3 Å². The van der Waals surface area contributed by atoms with Gasteiger partial charge in [-0.3, -0.25) is 4.98 Å². The van der Waals surface area contributed by atoms with Gasteiger partial charge in [-0.2, -0.15) is 0 Å². The summed E-state index contributed by atoms with van der Waals surface area (Å²) in [6.45, 7) is 1.69. The second-order valence-electron chi connectivity index (χ2n) is 3.87. The van der Waals surface area contributed by atoms with E-state index in [9.17, 15) is 0 Å². The van der Waals surface area contributed by atoms with Crippen molar-refractivity contribution in [3.05, 3.63) is 54.1 Å². The maximum absolute atomic E-state index is 5.52. The molecule has 0 aliphatic heterocycles. The molecule has 2 N–H and O–H groups in total. The molecule has 0 radical (unpaired) electrons. The fourth-order valence-electron chi connectivity index (χ4n) is 1.73. The molecule has 0 aromatic carbocycles. The van der Waals surface area contributed by atoms with Gasteiger partial charge in [-0.25, -0.2) is 0 Å². The summed E-state index contributed by atoms with van der Waals surface area (Å²) >= 11 is 0. The van der Waals surface area contributed by atoms with Crippen LogP contribution in [0.4, 0.5) is 0 Å². The van der Waals surface area contributed by atoms with Crippen LogP contribution in [0.15, 0.2) is 42.9 Å². The fraction of sp³-hybridized carbons (Fsp3) is 0.308. The highest BCUT2D eigenvalue weighted by Crippen LogP contribution is 2.04. The Labute approximate surface area is 95.9 Å². The Morgan fingerprint density at radius 2 is 2.12 bits per heavy atom. The van der Waals surface area contributed by atoms with E-state index in [2.05, 4.69) is 34.1 Å². The minimum Gasteiger partial charge on any atom is -0.354 e. The number of rotatable bonds is 5. The smallest absolute Gasteiger partial charge is 0.0421 e. The van der Waals surface area contributed by atoms with E-state index in [0.717, 1.165) is 25.1 Å². The molecule has 0 spiro atoms. The van der Waals surface area contributed by atoms with Crippen molar-refractivity contribution in [3.8, 4) is 0 Å². The molecule has 0 amide bonds. The molecular weight excluding hydrogens is 198 g/mol. The van der Waals surface area contributed by atoms with E-state index in [0.29, 0.717) is 6.54 Å². The van der Waals surface area contributed by atoms with Crippen LogP contribution in [0.25, 0.3) is 0 Å². The third kappa shape index (κ3) is 2.94. The molecule has 0 saturated carbocycles. The van der Waals surface area contributed by atoms with Gasteiger partial charge in [0.05, 0.1) is 0 Å². The number of nitrogens with two attached hydrogens (primary N) is 1. The van der Waals surface area contributed by atoms with Gasteiger partial charge in [0.25, 0.3) is 0 Å². The maximum atomic E-state index is 5.52. The Bertz CT molecular complexity index is 420. The van der Waals surface area contributed by atoms with Crippen LogP contribution >= 0.6 is 0 Å². The van der Waals surface area contributed by atoms with E-state index < -0.39 is 0 Å². The average molecular weight is 215 g/mol. The van der Waals surface area contributed by atoms with Crippen LogP contribution in [0.3, 0.4) is 0 Å². The largest absolute Gasteiger partial charge is 0.354 e. The molecule has 0 atom stereocenters. The summed E-state index contributed by atoms with van der Waals surface area (Å²) in [5.41, 5.74) is 7.96. The van der Waals surface area contributed by atoms with E-state index in [-0.39, 0.29) is 0 Å². The van der Waals surface area contributed by atoms with Crippen LogP contribution in [-0.4, -0.2) is 16.1 Å². The monoisotopic (exact) mass is 215 g/mol. The number of pyridine rings is 1. The van der Waals surface area contributed by atoms with Crippen molar-refractivity contribution in [2.75, 3.05) is 6.54 Å². The molecule has 0 unspecified atom stereocenters. The SMILES string of the molecule is NCCc1ccn(CCc2ccccn2)c1. The van der Waals surface area contributed by atoms with Crippen molar-refractivity contribution in [1.29, 1.82) is 0 Å². The van der Waals surface area contributed by atoms with Crippen LogP contribution in [0.1, 0.15) is 11.3 Å². The number of nitrogens with zero attached hydrogens (tertiary/aromatic N) is 2. The third-order valence-corrected chi connectivity index (χ3v) is 2.60. The van der Waals surface area contributed by atoms with Gasteiger partial charge in [-0.15, -0.1) is 0 Å². The van der Waals surface area contributed by atoms with Crippen molar-refractivity contribution in [2.24, 2.45) is 5.73 Å². The van der Waals surface area contributed by atoms with Gasteiger partial charge in [-0.05, 0) is 36.7 Å². The second-order valence-corrected chi connectivity index (χ2v) is 3.87. The molecule has 16 heavy (non-hydrogen) atoms. The number of aromatic nitrogens is 2. The van der Waals surface area contributed by atoms with E-state index in [1.165, 1.54) is 5.56 Å². The maximum Gasteiger partial charge on any atom is 0.0421 e. The molecular formula is C13H17N3. The summed E-state index contributed by atoms with van der Waals surface area (Å²) in [6.07, 6.45) is 8.03. The zero-order valence-electron chi connectivity index (χ0n) is 9.34. The molecule has 2 aromatic rings. The molecule has 2 aromatic heterocycles. The predicted octanol–water partition coefficient (Wildman–Crippen LogP) is 1.63. The highest BCUT2D eigenvalue weighted by atomic mass is 14.9. The molecule has 0 bridgehead atoms. The minimum absolute atomic E-state index is 0.713. The van der Waals surface area contributed by atoms with Crippen molar-refractivity contribution in [1.82, 2.24) is 9.55 Å². The highest BCUT2D eigenvalue weighted by Gasteiger charge is 1.97. The van der Waals surface area contributed by atoms with Gasteiger partial charge in [0.15, 0.2) is 0 Å². The molecule has 84 valence electrons. The van der Waals surface area contributed by atoms with Crippen molar-refractivity contribution in [2.45, 2.75) is 19.4 Å². The lowest BCUT2D eigenvalue weighted by Crippen LogP contribution is -2.02. The van der Waals surface area contributed by atoms with Gasteiger partial charge in [0.1, 0.15) is 0 Å². The van der Waals surface area contributed by atoms with Crippen molar-refractivity contribution >= 4 is 0 Å². The first-order valence-electron chi connectivity index (χ1n) is 5.63. The summed E-state index contributed by atoms with van der Waals surface area (Å²) < 4.78 is 2.19. The fourth-order valence-corrected chi connectivity index (χ4v) is 1.73. The normalized spacial score (nSPS) is 10.6. The second kappa shape index (κ2) is 5.47. The molecule has 2 rings (SSSR count). The Morgan fingerprint density at radius 1 is 1.19 bits per heavy atom. The van der Waals surface area contributed by atoms with E-state index in [1.54, 1.807) is 0 Å². The summed E-state index contributed by atoms with van der Waals surface area (Å²) in [5.74, 6) is 0. The number of hydrogen-bond acceptors (Lipinski definition) is 2. The molecule has 0 aliphatic carbocycles. The Morgan fingerprint density at radius 3 is 2.88 bits per heavy atom. The van der Waals surface area contributed by atoms with E-state index >= 15 is 0 Å². The zero-order chi connectivity index (χ0) is 11.2. The topological polar surface area (TPSA) is 43.8 Å². The van der Waals surface area contributed by atoms with Gasteiger partial charge in [-0.1, -0.05) is 6.07 Å². The minimum atomic E-state index is 0.713. The third-order valence-electron chi connectivity index (χ3n) is 2.60. The average Bonchev–Trinajstić information content (AvgIpc) is 2.76. The summed E-state index contributed by atoms with van der Waals surface area (Å²) in [5, 5.41) is 0. The summed E-state index contributed by atoms with van der Waals surface area (Å²) in [7, 11) is 0. The highest BCUT2D eigenvalue weighted by molar-refractivity contribution is 5.11. The number of hydrogen-bond donors (Lipinski definition) is 1. The van der Waals surface area contributed by atoms with Gasteiger partial charge in [0.2, 0.25) is 0 Å². The van der Waals surface area contributed by atoms with Crippen LogP contribution in [-0.2, 0) is 19.4 Å². The Hall–Kier alpha value is -1.61. The van der Waals surface area contributed by atoms with Crippen LogP contribution in [0, 0.1) is 0 Å². The van der Waals surface area contributed by atoms with Crippen LogP contribution in [0.5, 0.6) is 0 Å². The zero-order valence-corrected chi connectivity index (χ0v) is 9.34. The standard InChI is InChI=1S/C13H17N3/c14-7-4-12-5-9-16(11-12)10-6-13-3-1-2-8-15-13/h1-3,5,8-9,11H,4,6-7,10,14H2. The lowest BCUT2D eigenvalue weighted by molar-refractivity contribution is 0.687.